The Hall–Kier alpha value is -2.76. The monoisotopic (exact) mass is 331 g/mol. The highest BCUT2D eigenvalue weighted by atomic mass is 16.5. The summed E-state index contributed by atoms with van der Waals surface area (Å²) in [5, 5.41) is 0. The number of rotatable bonds is 7. The molecular formula is C18H25N3O3. The molecule has 1 aromatic carbocycles. The number of hydrogen-bond donors (Lipinski definition) is 0. The maximum atomic E-state index is 11.7. The summed E-state index contributed by atoms with van der Waals surface area (Å²) < 4.78 is 10.0. The van der Waals surface area contributed by atoms with Gasteiger partial charge in [0, 0.05) is 19.8 Å². The number of nitrogens with zero attached hydrogens (tertiary/aromatic N) is 3. The van der Waals surface area contributed by atoms with Crippen molar-refractivity contribution < 1.29 is 14.3 Å². The quantitative estimate of drug-likeness (QED) is 0.333. The van der Waals surface area contributed by atoms with E-state index < -0.39 is 0 Å². The number of esters is 1. The van der Waals surface area contributed by atoms with Gasteiger partial charge >= 0.3 is 5.97 Å². The second-order valence-corrected chi connectivity index (χ2v) is 5.09. The van der Waals surface area contributed by atoms with E-state index >= 15 is 0 Å². The molecule has 0 saturated carbocycles. The van der Waals surface area contributed by atoms with Gasteiger partial charge in [-0.2, -0.15) is 0 Å². The molecule has 0 aromatic heterocycles. The van der Waals surface area contributed by atoms with Gasteiger partial charge in [-0.3, -0.25) is 0 Å². The van der Waals surface area contributed by atoms with Gasteiger partial charge in [-0.05, 0) is 30.8 Å². The average molecular weight is 331 g/mol. The highest BCUT2D eigenvalue weighted by Crippen LogP contribution is 2.14. The van der Waals surface area contributed by atoms with Crippen molar-refractivity contribution in [3.8, 4) is 0 Å². The maximum absolute atomic E-state index is 11.7. The molecule has 0 fully saturated rings. The van der Waals surface area contributed by atoms with Crippen LogP contribution in [0.25, 0.3) is 0 Å². The molecule has 6 heteroatoms. The Labute approximate surface area is 143 Å². The first-order valence-electron chi connectivity index (χ1n) is 7.49. The van der Waals surface area contributed by atoms with Crippen LogP contribution < -0.4 is 0 Å². The van der Waals surface area contributed by atoms with E-state index in [1.807, 2.05) is 42.0 Å². The minimum Gasteiger partial charge on any atom is -0.468 e. The summed E-state index contributed by atoms with van der Waals surface area (Å²) in [6.07, 6.45) is 3.11. The lowest BCUT2D eigenvalue weighted by Crippen LogP contribution is -2.45. The maximum Gasteiger partial charge on any atom is 0.337 e. The third-order valence-electron chi connectivity index (χ3n) is 3.67. The number of ether oxygens (including phenoxy) is 2. The molecule has 1 unspecified atom stereocenters. The van der Waals surface area contributed by atoms with Gasteiger partial charge < -0.3 is 19.3 Å². The Kier molecular flexibility index (Phi) is 7.55. The van der Waals surface area contributed by atoms with Gasteiger partial charge in [0.1, 0.15) is 6.17 Å². The SMILES string of the molecule is C=CN=C(OC)N(C)C(C)N(C=C)Cc1cccc(C(=O)OC)c1. The Bertz CT molecular complexity index is 613. The Morgan fingerprint density at radius 3 is 2.58 bits per heavy atom. The number of methoxy groups -OCH3 is 2. The summed E-state index contributed by atoms with van der Waals surface area (Å²) in [4.78, 5) is 19.6. The largest absolute Gasteiger partial charge is 0.468 e. The zero-order valence-electron chi connectivity index (χ0n) is 14.7. The number of hydrogen-bond acceptors (Lipinski definition) is 5. The molecule has 1 rings (SSSR count). The summed E-state index contributed by atoms with van der Waals surface area (Å²) in [6, 6.07) is 7.77. The minimum atomic E-state index is -0.355. The number of amidine groups is 1. The van der Waals surface area contributed by atoms with E-state index in [2.05, 4.69) is 18.2 Å². The van der Waals surface area contributed by atoms with Gasteiger partial charge in [-0.15, -0.1) is 0 Å². The molecule has 0 spiro atoms. The van der Waals surface area contributed by atoms with Crippen LogP contribution in [0.1, 0.15) is 22.8 Å². The zero-order valence-corrected chi connectivity index (χ0v) is 14.7. The fourth-order valence-corrected chi connectivity index (χ4v) is 2.22. The van der Waals surface area contributed by atoms with E-state index in [0.717, 1.165) is 5.56 Å². The van der Waals surface area contributed by atoms with Crippen molar-refractivity contribution in [2.45, 2.75) is 19.6 Å². The lowest BCUT2D eigenvalue weighted by molar-refractivity contribution is 0.0600. The molecular weight excluding hydrogens is 306 g/mol. The summed E-state index contributed by atoms with van der Waals surface area (Å²) in [5.74, 6) is -0.355. The fraction of sp³-hybridized carbons (Fsp3) is 0.333. The van der Waals surface area contributed by atoms with Gasteiger partial charge in [0.2, 0.25) is 0 Å². The predicted octanol–water partition coefficient (Wildman–Crippen LogP) is 2.84. The number of aliphatic imine (C=N–C) groups is 1. The molecule has 1 aromatic rings. The topological polar surface area (TPSA) is 54.4 Å². The highest BCUT2D eigenvalue weighted by Gasteiger charge is 2.19. The molecule has 0 bridgehead atoms. The molecule has 6 nitrogen and oxygen atoms in total. The summed E-state index contributed by atoms with van der Waals surface area (Å²) in [5.41, 5.74) is 1.49. The second-order valence-electron chi connectivity index (χ2n) is 5.09. The molecule has 0 aliphatic rings. The minimum absolute atomic E-state index is 0.0667. The van der Waals surface area contributed by atoms with Crippen molar-refractivity contribution in [3.05, 3.63) is 61.0 Å². The Balaban J connectivity index is 2.94. The van der Waals surface area contributed by atoms with Crippen LogP contribution in [0.15, 0.2) is 54.8 Å². The van der Waals surface area contributed by atoms with Crippen molar-refractivity contribution in [2.24, 2.45) is 4.99 Å². The molecule has 0 aliphatic carbocycles. The highest BCUT2D eigenvalue weighted by molar-refractivity contribution is 5.89. The van der Waals surface area contributed by atoms with Gasteiger partial charge in [0.15, 0.2) is 0 Å². The summed E-state index contributed by atoms with van der Waals surface area (Å²) >= 11 is 0. The zero-order chi connectivity index (χ0) is 18.1. The molecule has 0 saturated heterocycles. The van der Waals surface area contributed by atoms with Crippen molar-refractivity contribution >= 4 is 12.0 Å². The molecule has 130 valence electrons. The van der Waals surface area contributed by atoms with E-state index in [1.54, 1.807) is 19.4 Å². The van der Waals surface area contributed by atoms with E-state index in [0.29, 0.717) is 18.1 Å². The van der Waals surface area contributed by atoms with Crippen molar-refractivity contribution in [2.75, 3.05) is 21.3 Å². The first kappa shape index (κ1) is 19.3. The lowest BCUT2D eigenvalue weighted by Gasteiger charge is -2.35. The summed E-state index contributed by atoms with van der Waals surface area (Å²) in [6.45, 7) is 10.0. The Morgan fingerprint density at radius 1 is 1.33 bits per heavy atom. The smallest absolute Gasteiger partial charge is 0.337 e. The van der Waals surface area contributed by atoms with Crippen molar-refractivity contribution in [1.29, 1.82) is 0 Å². The first-order chi connectivity index (χ1) is 11.5. The predicted molar refractivity (Wildman–Crippen MR) is 95.4 cm³/mol. The molecule has 24 heavy (non-hydrogen) atoms. The third kappa shape index (κ3) is 4.87. The first-order valence-corrected chi connectivity index (χ1v) is 7.49. The van der Waals surface area contributed by atoms with Gasteiger partial charge in [0.25, 0.3) is 6.02 Å². The van der Waals surface area contributed by atoms with Gasteiger partial charge in [0.05, 0.1) is 19.8 Å². The van der Waals surface area contributed by atoms with E-state index in [9.17, 15) is 4.79 Å². The molecule has 0 N–H and O–H groups in total. The van der Waals surface area contributed by atoms with Crippen molar-refractivity contribution in [3.63, 3.8) is 0 Å². The summed E-state index contributed by atoms with van der Waals surface area (Å²) in [7, 11) is 4.80. The van der Waals surface area contributed by atoms with Crippen LogP contribution in [-0.2, 0) is 16.0 Å². The van der Waals surface area contributed by atoms with E-state index in [-0.39, 0.29) is 12.1 Å². The van der Waals surface area contributed by atoms with E-state index in [4.69, 9.17) is 9.47 Å². The van der Waals surface area contributed by atoms with Crippen LogP contribution in [0.4, 0.5) is 0 Å². The molecule has 0 radical (unpaired) electrons. The average Bonchev–Trinajstić information content (AvgIpc) is 2.62. The molecule has 0 heterocycles. The fourth-order valence-electron chi connectivity index (χ4n) is 2.22. The van der Waals surface area contributed by atoms with Crippen LogP contribution in [-0.4, -0.2) is 49.2 Å². The van der Waals surface area contributed by atoms with Crippen LogP contribution in [0.2, 0.25) is 0 Å². The third-order valence-corrected chi connectivity index (χ3v) is 3.67. The standard InChI is InChI=1S/C18H25N3O3/c1-7-19-18(24-6)20(4)14(3)21(8-2)13-15-10-9-11-16(12-15)17(22)23-5/h7-12,14H,1-2,13H2,3-6H3. The van der Waals surface area contributed by atoms with Crippen LogP contribution >= 0.6 is 0 Å². The number of carbonyl (C=O) groups is 1. The lowest BCUT2D eigenvalue weighted by atomic mass is 10.1. The molecule has 1 atom stereocenters. The normalized spacial score (nSPS) is 12.1. The van der Waals surface area contributed by atoms with Gasteiger partial charge in [-0.25, -0.2) is 9.79 Å². The van der Waals surface area contributed by atoms with Crippen LogP contribution in [0.5, 0.6) is 0 Å². The van der Waals surface area contributed by atoms with Gasteiger partial charge in [-0.1, -0.05) is 25.3 Å². The molecule has 0 amide bonds. The number of carbonyl (C=O) groups excluding carboxylic acids is 1. The molecule has 0 aliphatic heterocycles. The van der Waals surface area contributed by atoms with E-state index in [1.165, 1.54) is 13.3 Å². The Morgan fingerprint density at radius 2 is 2.04 bits per heavy atom. The van der Waals surface area contributed by atoms with Crippen molar-refractivity contribution in [1.82, 2.24) is 9.80 Å². The van der Waals surface area contributed by atoms with Crippen LogP contribution in [0, 0.1) is 0 Å². The van der Waals surface area contributed by atoms with Crippen LogP contribution in [0.3, 0.4) is 0 Å². The second kappa shape index (κ2) is 9.39. The number of benzene rings is 1.